The predicted molar refractivity (Wildman–Crippen MR) is 118 cm³/mol. The van der Waals surface area contributed by atoms with Crippen LogP contribution in [-0.2, 0) is 4.74 Å². The van der Waals surface area contributed by atoms with Crippen molar-refractivity contribution in [3.8, 4) is 5.75 Å². The Kier molecular flexibility index (Phi) is 5.94. The number of rotatable bonds is 6. The highest BCUT2D eigenvalue weighted by Crippen LogP contribution is 2.23. The molecule has 1 fully saturated rings. The van der Waals surface area contributed by atoms with Gasteiger partial charge >= 0.3 is 0 Å². The molecule has 0 radical (unpaired) electrons. The van der Waals surface area contributed by atoms with Gasteiger partial charge in [-0.2, -0.15) is 15.0 Å². The van der Waals surface area contributed by atoms with Crippen molar-refractivity contribution in [2.24, 2.45) is 0 Å². The summed E-state index contributed by atoms with van der Waals surface area (Å²) in [5.41, 5.74) is 4.26. The number of ether oxygens (including phenoxy) is 2. The largest absolute Gasteiger partial charge is 0.497 e. The Morgan fingerprint density at radius 3 is 2.10 bits per heavy atom. The van der Waals surface area contributed by atoms with Crippen LogP contribution in [0.25, 0.3) is 0 Å². The molecule has 0 bridgehead atoms. The van der Waals surface area contributed by atoms with Crippen molar-refractivity contribution in [2.75, 3.05) is 48.9 Å². The van der Waals surface area contributed by atoms with E-state index in [9.17, 15) is 0 Å². The molecule has 2 N–H and O–H groups in total. The average Bonchev–Trinajstić information content (AvgIpc) is 2.77. The van der Waals surface area contributed by atoms with Crippen LogP contribution in [0, 0.1) is 13.8 Å². The van der Waals surface area contributed by atoms with Gasteiger partial charge in [-0.1, -0.05) is 6.07 Å². The fraction of sp³-hybridized carbons (Fsp3) is 0.318. The third-order valence-corrected chi connectivity index (χ3v) is 5.03. The van der Waals surface area contributed by atoms with Gasteiger partial charge in [0.1, 0.15) is 5.75 Å². The topological polar surface area (TPSA) is 84.4 Å². The third-order valence-electron chi connectivity index (χ3n) is 5.03. The number of nitrogens with zero attached hydrogens (tertiary/aromatic N) is 4. The lowest BCUT2D eigenvalue weighted by Gasteiger charge is -2.27. The Balaban J connectivity index is 1.63. The summed E-state index contributed by atoms with van der Waals surface area (Å²) < 4.78 is 10.7. The zero-order chi connectivity index (χ0) is 20.9. The first-order valence-corrected chi connectivity index (χ1v) is 9.95. The Bertz CT molecular complexity index is 1000. The maximum absolute atomic E-state index is 5.46. The molecule has 156 valence electrons. The van der Waals surface area contributed by atoms with E-state index in [1.54, 1.807) is 7.11 Å². The highest BCUT2D eigenvalue weighted by Gasteiger charge is 2.17. The second kappa shape index (κ2) is 8.96. The average molecular weight is 406 g/mol. The molecule has 0 amide bonds. The highest BCUT2D eigenvalue weighted by molar-refractivity contribution is 5.60. The van der Waals surface area contributed by atoms with Crippen LogP contribution < -0.4 is 20.3 Å². The summed E-state index contributed by atoms with van der Waals surface area (Å²) in [5, 5.41) is 6.58. The molecule has 0 saturated carbocycles. The minimum absolute atomic E-state index is 0.475. The molecule has 2 heterocycles. The van der Waals surface area contributed by atoms with Crippen molar-refractivity contribution in [3.63, 3.8) is 0 Å². The second-order valence-electron chi connectivity index (χ2n) is 7.16. The number of aryl methyl sites for hydroxylation is 2. The highest BCUT2D eigenvalue weighted by atomic mass is 16.5. The van der Waals surface area contributed by atoms with E-state index in [0.717, 1.165) is 30.2 Å². The van der Waals surface area contributed by atoms with Gasteiger partial charge < -0.3 is 25.0 Å². The van der Waals surface area contributed by atoms with Gasteiger partial charge in [0.15, 0.2) is 0 Å². The molecule has 3 aromatic rings. The number of methoxy groups -OCH3 is 1. The molecule has 0 spiro atoms. The quantitative estimate of drug-likeness (QED) is 0.639. The molecule has 0 aliphatic carbocycles. The van der Waals surface area contributed by atoms with E-state index in [4.69, 9.17) is 9.47 Å². The monoisotopic (exact) mass is 406 g/mol. The Morgan fingerprint density at radius 1 is 0.833 bits per heavy atom. The minimum atomic E-state index is 0.475. The molecule has 1 aromatic heterocycles. The summed E-state index contributed by atoms with van der Waals surface area (Å²) in [5.74, 6) is 2.38. The van der Waals surface area contributed by atoms with Gasteiger partial charge in [-0.3, -0.25) is 0 Å². The van der Waals surface area contributed by atoms with E-state index in [1.807, 2.05) is 30.3 Å². The fourth-order valence-corrected chi connectivity index (χ4v) is 3.13. The van der Waals surface area contributed by atoms with Gasteiger partial charge in [-0.05, 0) is 61.4 Å². The van der Waals surface area contributed by atoms with Gasteiger partial charge in [-0.15, -0.1) is 0 Å². The number of benzene rings is 2. The molecular formula is C22H26N6O2. The van der Waals surface area contributed by atoms with E-state index >= 15 is 0 Å². The van der Waals surface area contributed by atoms with Crippen molar-refractivity contribution < 1.29 is 9.47 Å². The summed E-state index contributed by atoms with van der Waals surface area (Å²) in [6.07, 6.45) is 0. The van der Waals surface area contributed by atoms with Crippen LogP contribution in [0.5, 0.6) is 5.75 Å². The van der Waals surface area contributed by atoms with Gasteiger partial charge in [-0.25, -0.2) is 0 Å². The summed E-state index contributed by atoms with van der Waals surface area (Å²) in [4.78, 5) is 16.0. The molecule has 4 rings (SSSR count). The van der Waals surface area contributed by atoms with Crippen LogP contribution in [-0.4, -0.2) is 48.4 Å². The lowest BCUT2D eigenvalue weighted by Crippen LogP contribution is -2.37. The molecule has 8 heteroatoms. The van der Waals surface area contributed by atoms with Crippen molar-refractivity contribution in [1.29, 1.82) is 0 Å². The maximum Gasteiger partial charge on any atom is 0.233 e. The smallest absolute Gasteiger partial charge is 0.233 e. The van der Waals surface area contributed by atoms with E-state index in [0.29, 0.717) is 31.1 Å². The van der Waals surface area contributed by atoms with E-state index < -0.39 is 0 Å². The minimum Gasteiger partial charge on any atom is -0.497 e. The van der Waals surface area contributed by atoms with Crippen molar-refractivity contribution in [2.45, 2.75) is 13.8 Å². The second-order valence-corrected chi connectivity index (χ2v) is 7.16. The van der Waals surface area contributed by atoms with Crippen LogP contribution in [0.1, 0.15) is 11.1 Å². The van der Waals surface area contributed by atoms with Crippen LogP contribution in [0.15, 0.2) is 42.5 Å². The molecule has 0 atom stereocenters. The zero-order valence-electron chi connectivity index (χ0n) is 17.5. The van der Waals surface area contributed by atoms with Crippen LogP contribution in [0.4, 0.5) is 29.2 Å². The molecule has 30 heavy (non-hydrogen) atoms. The molecule has 1 aliphatic heterocycles. The molecule has 8 nitrogen and oxygen atoms in total. The Labute approximate surface area is 176 Å². The lowest BCUT2D eigenvalue weighted by molar-refractivity contribution is 0.122. The first kappa shape index (κ1) is 19.9. The molecule has 0 unspecified atom stereocenters. The summed E-state index contributed by atoms with van der Waals surface area (Å²) >= 11 is 0. The first-order valence-electron chi connectivity index (χ1n) is 9.95. The normalized spacial score (nSPS) is 13.8. The number of hydrogen-bond donors (Lipinski definition) is 2. The van der Waals surface area contributed by atoms with E-state index in [2.05, 4.69) is 56.5 Å². The maximum atomic E-state index is 5.46. The zero-order valence-corrected chi connectivity index (χ0v) is 17.5. The number of morpholine rings is 1. The van der Waals surface area contributed by atoms with E-state index in [1.165, 1.54) is 11.1 Å². The Hall–Kier alpha value is -3.39. The third kappa shape index (κ3) is 4.77. The molecule has 1 aliphatic rings. The van der Waals surface area contributed by atoms with Crippen molar-refractivity contribution >= 4 is 29.2 Å². The van der Waals surface area contributed by atoms with Gasteiger partial charge in [0.25, 0.3) is 0 Å². The van der Waals surface area contributed by atoms with Crippen LogP contribution >= 0.6 is 0 Å². The number of aromatic nitrogens is 3. The van der Waals surface area contributed by atoms with Crippen molar-refractivity contribution in [1.82, 2.24) is 15.0 Å². The molecule has 2 aromatic carbocycles. The number of anilines is 5. The van der Waals surface area contributed by atoms with Crippen molar-refractivity contribution in [3.05, 3.63) is 53.6 Å². The summed E-state index contributed by atoms with van der Waals surface area (Å²) in [7, 11) is 1.65. The molecular weight excluding hydrogens is 380 g/mol. The van der Waals surface area contributed by atoms with Gasteiger partial charge in [0.2, 0.25) is 17.8 Å². The number of hydrogen-bond acceptors (Lipinski definition) is 8. The summed E-state index contributed by atoms with van der Waals surface area (Å²) in [6.45, 7) is 6.99. The van der Waals surface area contributed by atoms with E-state index in [-0.39, 0.29) is 0 Å². The Morgan fingerprint density at radius 2 is 1.47 bits per heavy atom. The van der Waals surface area contributed by atoms with Gasteiger partial charge in [0, 0.05) is 24.5 Å². The SMILES string of the molecule is COc1ccc(Nc2nc(Nc3ccc(C)c(C)c3)nc(N3CCOCC3)n2)cc1. The molecule has 1 saturated heterocycles. The standard InChI is InChI=1S/C22H26N6O2/c1-15-4-5-18(14-16(15)2)24-21-25-20(23-17-6-8-19(29-3)9-7-17)26-22(27-21)28-10-12-30-13-11-28/h4-9,14H,10-13H2,1-3H3,(H2,23,24,25,26,27). The lowest BCUT2D eigenvalue weighted by atomic mass is 10.1. The van der Waals surface area contributed by atoms with Gasteiger partial charge in [0.05, 0.1) is 20.3 Å². The number of nitrogens with one attached hydrogen (secondary N) is 2. The van der Waals surface area contributed by atoms with Crippen LogP contribution in [0.2, 0.25) is 0 Å². The van der Waals surface area contributed by atoms with Crippen LogP contribution in [0.3, 0.4) is 0 Å². The first-order chi connectivity index (χ1) is 14.6. The predicted octanol–water partition coefficient (Wildman–Crippen LogP) is 3.82. The fourth-order valence-electron chi connectivity index (χ4n) is 3.13. The summed E-state index contributed by atoms with van der Waals surface area (Å²) in [6, 6.07) is 13.8.